The van der Waals surface area contributed by atoms with Gasteiger partial charge in [0.25, 0.3) is 0 Å². The molecule has 1 aromatic heterocycles. The van der Waals surface area contributed by atoms with E-state index in [0.717, 1.165) is 21.0 Å². The predicted molar refractivity (Wildman–Crippen MR) is 60.4 cm³/mol. The van der Waals surface area contributed by atoms with E-state index in [0.29, 0.717) is 5.82 Å². The second-order valence-corrected chi connectivity index (χ2v) is 3.76. The number of nitrogen functional groups attached to an aromatic ring is 1. The molecule has 0 aliphatic heterocycles. The summed E-state index contributed by atoms with van der Waals surface area (Å²) in [5, 5.41) is 1.96. The molecule has 14 heavy (non-hydrogen) atoms. The van der Waals surface area contributed by atoms with Gasteiger partial charge in [-0.05, 0) is 39.5 Å². The van der Waals surface area contributed by atoms with Gasteiger partial charge in [-0.1, -0.05) is 0 Å². The summed E-state index contributed by atoms with van der Waals surface area (Å²) in [5.74, 6) is 1.33. The van der Waals surface area contributed by atoms with Crippen molar-refractivity contribution in [2.24, 2.45) is 0 Å². The van der Waals surface area contributed by atoms with Crippen molar-refractivity contribution in [3.05, 3.63) is 28.9 Å². The molecular formula is C10H9BrN2O. The van der Waals surface area contributed by atoms with Gasteiger partial charge in [-0.15, -0.1) is 0 Å². The van der Waals surface area contributed by atoms with Gasteiger partial charge in [0.2, 0.25) is 0 Å². The van der Waals surface area contributed by atoms with Crippen LogP contribution in [0, 0.1) is 0 Å². The Labute approximate surface area is 90.0 Å². The maximum atomic E-state index is 5.74. The zero-order valence-corrected chi connectivity index (χ0v) is 9.21. The minimum atomic E-state index is 0.533. The molecule has 0 spiro atoms. The van der Waals surface area contributed by atoms with Crippen molar-refractivity contribution in [1.82, 2.24) is 4.98 Å². The molecule has 1 heterocycles. The molecule has 0 unspecified atom stereocenters. The number of pyridine rings is 1. The third-order valence-electron chi connectivity index (χ3n) is 2.07. The highest BCUT2D eigenvalue weighted by atomic mass is 79.9. The predicted octanol–water partition coefficient (Wildman–Crippen LogP) is 2.59. The first kappa shape index (κ1) is 9.27. The van der Waals surface area contributed by atoms with Crippen LogP contribution in [-0.2, 0) is 0 Å². The molecule has 1 aromatic carbocycles. The summed E-state index contributed by atoms with van der Waals surface area (Å²) >= 11 is 3.40. The molecule has 0 radical (unpaired) electrons. The number of anilines is 1. The van der Waals surface area contributed by atoms with Crippen molar-refractivity contribution < 1.29 is 4.74 Å². The minimum absolute atomic E-state index is 0.533. The maximum absolute atomic E-state index is 5.74. The molecule has 0 aliphatic carbocycles. The van der Waals surface area contributed by atoms with Crippen LogP contribution in [0.3, 0.4) is 0 Å². The molecule has 3 nitrogen and oxygen atoms in total. The van der Waals surface area contributed by atoms with E-state index in [9.17, 15) is 0 Å². The van der Waals surface area contributed by atoms with E-state index < -0.39 is 0 Å². The Kier molecular flexibility index (Phi) is 2.29. The lowest BCUT2D eigenvalue weighted by Crippen LogP contribution is -1.92. The van der Waals surface area contributed by atoms with Gasteiger partial charge in [0.1, 0.15) is 11.6 Å². The summed E-state index contributed by atoms with van der Waals surface area (Å²) < 4.78 is 6.07. The minimum Gasteiger partial charge on any atom is -0.496 e. The molecule has 0 amide bonds. The van der Waals surface area contributed by atoms with Gasteiger partial charge in [0.15, 0.2) is 0 Å². The van der Waals surface area contributed by atoms with Gasteiger partial charge in [0.05, 0.1) is 11.6 Å². The highest BCUT2D eigenvalue weighted by Crippen LogP contribution is 2.31. The van der Waals surface area contributed by atoms with Crippen molar-refractivity contribution in [3.8, 4) is 5.75 Å². The molecule has 4 heteroatoms. The molecule has 0 bridgehead atoms. The first-order chi connectivity index (χ1) is 6.72. The normalized spacial score (nSPS) is 10.4. The van der Waals surface area contributed by atoms with Crippen molar-refractivity contribution in [2.75, 3.05) is 12.8 Å². The Hall–Kier alpha value is -1.29. The quantitative estimate of drug-likeness (QED) is 0.849. The molecule has 0 aliphatic rings. The summed E-state index contributed by atoms with van der Waals surface area (Å²) in [6.45, 7) is 0. The zero-order chi connectivity index (χ0) is 10.1. The summed E-state index contributed by atoms with van der Waals surface area (Å²) in [6.07, 6.45) is 1.69. The van der Waals surface area contributed by atoms with Crippen molar-refractivity contribution in [2.45, 2.75) is 0 Å². The first-order valence-electron chi connectivity index (χ1n) is 4.10. The average Bonchev–Trinajstić information content (AvgIpc) is 2.19. The Morgan fingerprint density at radius 2 is 2.21 bits per heavy atom. The monoisotopic (exact) mass is 252 g/mol. The number of hydrogen-bond acceptors (Lipinski definition) is 3. The molecule has 0 fully saturated rings. The van der Waals surface area contributed by atoms with E-state index in [1.807, 2.05) is 18.2 Å². The number of hydrogen-bond donors (Lipinski definition) is 1. The van der Waals surface area contributed by atoms with Crippen LogP contribution in [-0.4, -0.2) is 12.1 Å². The number of fused-ring (bicyclic) bond motifs is 1. The van der Waals surface area contributed by atoms with E-state index in [2.05, 4.69) is 20.9 Å². The van der Waals surface area contributed by atoms with Crippen LogP contribution in [0.4, 0.5) is 5.82 Å². The standard InChI is InChI=1S/C10H9BrN2O/c1-14-9-4-6-2-3-13-10(12)7(6)5-8(9)11/h2-5H,1H3,(H2,12,13). The molecule has 2 aromatic rings. The summed E-state index contributed by atoms with van der Waals surface area (Å²) in [5.41, 5.74) is 5.74. The number of methoxy groups -OCH3 is 1. The van der Waals surface area contributed by atoms with Crippen LogP contribution in [0.1, 0.15) is 0 Å². The third kappa shape index (κ3) is 1.42. The van der Waals surface area contributed by atoms with Crippen molar-refractivity contribution >= 4 is 32.5 Å². The van der Waals surface area contributed by atoms with Crippen LogP contribution < -0.4 is 10.5 Å². The zero-order valence-electron chi connectivity index (χ0n) is 7.62. The van der Waals surface area contributed by atoms with Gasteiger partial charge in [-0.25, -0.2) is 4.98 Å². The third-order valence-corrected chi connectivity index (χ3v) is 2.69. The average molecular weight is 253 g/mol. The summed E-state index contributed by atoms with van der Waals surface area (Å²) in [4.78, 5) is 4.02. The molecule has 0 saturated heterocycles. The highest BCUT2D eigenvalue weighted by molar-refractivity contribution is 9.10. The lowest BCUT2D eigenvalue weighted by molar-refractivity contribution is 0.413. The Morgan fingerprint density at radius 1 is 1.43 bits per heavy atom. The SMILES string of the molecule is COc1cc2ccnc(N)c2cc1Br. The van der Waals surface area contributed by atoms with Gasteiger partial charge >= 0.3 is 0 Å². The number of ether oxygens (including phenoxy) is 1. The molecule has 72 valence electrons. The number of rotatable bonds is 1. The smallest absolute Gasteiger partial charge is 0.133 e. The second-order valence-electron chi connectivity index (χ2n) is 2.90. The van der Waals surface area contributed by atoms with Gasteiger partial charge in [0, 0.05) is 11.6 Å². The van der Waals surface area contributed by atoms with Crippen molar-refractivity contribution in [1.29, 1.82) is 0 Å². The summed E-state index contributed by atoms with van der Waals surface area (Å²) in [7, 11) is 1.64. The second kappa shape index (κ2) is 3.46. The Bertz CT molecular complexity index is 485. The largest absolute Gasteiger partial charge is 0.496 e. The van der Waals surface area contributed by atoms with E-state index in [1.54, 1.807) is 13.3 Å². The number of nitrogens with two attached hydrogens (primary N) is 1. The van der Waals surface area contributed by atoms with Gasteiger partial charge in [-0.3, -0.25) is 0 Å². The molecule has 2 N–H and O–H groups in total. The Morgan fingerprint density at radius 3 is 2.93 bits per heavy atom. The molecular weight excluding hydrogens is 244 g/mol. The van der Waals surface area contributed by atoms with Crippen LogP contribution >= 0.6 is 15.9 Å². The molecule has 0 atom stereocenters. The van der Waals surface area contributed by atoms with Gasteiger partial charge in [-0.2, -0.15) is 0 Å². The number of aromatic nitrogens is 1. The summed E-state index contributed by atoms with van der Waals surface area (Å²) in [6, 6.07) is 5.74. The number of benzene rings is 1. The topological polar surface area (TPSA) is 48.1 Å². The van der Waals surface area contributed by atoms with E-state index in [-0.39, 0.29) is 0 Å². The van der Waals surface area contributed by atoms with E-state index in [4.69, 9.17) is 10.5 Å². The molecule has 2 rings (SSSR count). The lowest BCUT2D eigenvalue weighted by atomic mass is 10.1. The number of halogens is 1. The van der Waals surface area contributed by atoms with Crippen molar-refractivity contribution in [3.63, 3.8) is 0 Å². The fraction of sp³-hybridized carbons (Fsp3) is 0.100. The molecule has 0 saturated carbocycles. The fourth-order valence-electron chi connectivity index (χ4n) is 1.35. The van der Waals surface area contributed by atoms with Crippen LogP contribution in [0.5, 0.6) is 5.75 Å². The van der Waals surface area contributed by atoms with Gasteiger partial charge < -0.3 is 10.5 Å². The van der Waals surface area contributed by atoms with E-state index in [1.165, 1.54) is 0 Å². The van der Waals surface area contributed by atoms with E-state index >= 15 is 0 Å². The first-order valence-corrected chi connectivity index (χ1v) is 4.89. The number of nitrogens with zero attached hydrogens (tertiary/aromatic N) is 1. The van der Waals surface area contributed by atoms with Crippen LogP contribution in [0.25, 0.3) is 10.8 Å². The Balaban J connectivity index is 2.79. The highest BCUT2D eigenvalue weighted by Gasteiger charge is 2.04. The maximum Gasteiger partial charge on any atom is 0.133 e. The van der Waals surface area contributed by atoms with Crippen LogP contribution in [0.15, 0.2) is 28.9 Å². The lowest BCUT2D eigenvalue weighted by Gasteiger charge is -2.06. The van der Waals surface area contributed by atoms with Crippen LogP contribution in [0.2, 0.25) is 0 Å². The fourth-order valence-corrected chi connectivity index (χ4v) is 1.86.